The van der Waals surface area contributed by atoms with Crippen LogP contribution in [0.2, 0.25) is 0 Å². The fourth-order valence-electron chi connectivity index (χ4n) is 1.24. The Morgan fingerprint density at radius 1 is 1.53 bits per heavy atom. The zero-order valence-corrected chi connectivity index (χ0v) is 9.35. The molecule has 96 valence electrons. The van der Waals surface area contributed by atoms with E-state index >= 15 is 0 Å². The van der Waals surface area contributed by atoms with E-state index in [2.05, 4.69) is 10.2 Å². The lowest BCUT2D eigenvalue weighted by Crippen LogP contribution is -2.34. The summed E-state index contributed by atoms with van der Waals surface area (Å²) in [6.07, 6.45) is -4.46. The molecule has 0 spiro atoms. The molecule has 0 aliphatic rings. The fraction of sp³-hybridized carbons (Fsp3) is 0.556. The second kappa shape index (κ2) is 4.64. The Morgan fingerprint density at radius 3 is 2.53 bits per heavy atom. The van der Waals surface area contributed by atoms with Gasteiger partial charge in [0.2, 0.25) is 0 Å². The molecule has 0 saturated carbocycles. The summed E-state index contributed by atoms with van der Waals surface area (Å²) in [5, 5.41) is 7.85. The molecule has 1 heterocycles. The molecular weight excluding hydrogens is 237 g/mol. The number of alkyl halides is 3. The summed E-state index contributed by atoms with van der Waals surface area (Å²) in [6, 6.07) is 0. The molecule has 0 aromatic carbocycles. The number of aromatic nitrogens is 2. The van der Waals surface area contributed by atoms with Crippen molar-refractivity contribution in [1.29, 1.82) is 0 Å². The van der Waals surface area contributed by atoms with E-state index < -0.39 is 18.6 Å². The van der Waals surface area contributed by atoms with E-state index in [-0.39, 0.29) is 17.3 Å². The van der Waals surface area contributed by atoms with Gasteiger partial charge in [0.05, 0.1) is 11.4 Å². The van der Waals surface area contributed by atoms with Gasteiger partial charge in [-0.1, -0.05) is 13.8 Å². The molecule has 8 heteroatoms. The molecule has 1 aromatic heterocycles. The largest absolute Gasteiger partial charge is 0.405 e. The molecule has 0 saturated heterocycles. The van der Waals surface area contributed by atoms with Gasteiger partial charge in [0.1, 0.15) is 6.54 Å². The minimum Gasteiger partial charge on any atom is -0.395 e. The first kappa shape index (κ1) is 13.3. The number of hydrogen-bond acceptors (Lipinski definition) is 3. The summed E-state index contributed by atoms with van der Waals surface area (Å²) in [6.45, 7) is 2.23. The van der Waals surface area contributed by atoms with Crippen LogP contribution in [-0.4, -0.2) is 28.8 Å². The minimum atomic E-state index is -4.46. The minimum absolute atomic E-state index is 0.00617. The summed E-state index contributed by atoms with van der Waals surface area (Å²) in [5.41, 5.74) is 6.01. The number of aromatic amines is 1. The number of nitrogens with zero attached hydrogens (tertiary/aromatic N) is 1. The van der Waals surface area contributed by atoms with Crippen LogP contribution in [0.25, 0.3) is 0 Å². The van der Waals surface area contributed by atoms with E-state index in [1.807, 2.05) is 13.8 Å². The van der Waals surface area contributed by atoms with Crippen LogP contribution in [0.4, 0.5) is 18.9 Å². The van der Waals surface area contributed by atoms with Crippen LogP contribution in [-0.2, 0) is 0 Å². The Bertz CT molecular complexity index is 411. The lowest BCUT2D eigenvalue weighted by molar-refractivity contribution is -0.123. The van der Waals surface area contributed by atoms with Crippen LogP contribution in [0.15, 0.2) is 0 Å². The number of nitrogens with two attached hydrogens (primary N) is 1. The second-order valence-electron chi connectivity index (χ2n) is 3.85. The average Bonchev–Trinajstić information content (AvgIpc) is 2.55. The molecule has 5 nitrogen and oxygen atoms in total. The Morgan fingerprint density at radius 2 is 2.12 bits per heavy atom. The number of carbonyl (C=O) groups is 1. The van der Waals surface area contributed by atoms with E-state index in [0.717, 1.165) is 0 Å². The van der Waals surface area contributed by atoms with Crippen molar-refractivity contribution in [3.8, 4) is 0 Å². The van der Waals surface area contributed by atoms with Crippen LogP contribution in [0, 0.1) is 0 Å². The van der Waals surface area contributed by atoms with Gasteiger partial charge in [-0.2, -0.15) is 18.3 Å². The number of anilines is 1. The summed E-state index contributed by atoms with van der Waals surface area (Å²) in [5.74, 6) is -0.936. The van der Waals surface area contributed by atoms with Gasteiger partial charge in [-0.15, -0.1) is 0 Å². The third-order valence-corrected chi connectivity index (χ3v) is 2.08. The summed E-state index contributed by atoms with van der Waals surface area (Å²) in [7, 11) is 0. The maximum absolute atomic E-state index is 11.9. The number of nitrogen functional groups attached to an aromatic ring is 1. The van der Waals surface area contributed by atoms with Crippen LogP contribution >= 0.6 is 0 Å². The SMILES string of the molecule is CC(C)c1[nH]nc(C(=O)NCC(F)(F)F)c1N. The molecule has 1 amide bonds. The summed E-state index contributed by atoms with van der Waals surface area (Å²) >= 11 is 0. The van der Waals surface area contributed by atoms with Crippen molar-refractivity contribution in [2.75, 3.05) is 12.3 Å². The standard InChI is InChI=1S/C9H13F3N4O/c1-4(2)6-5(13)7(16-15-6)8(17)14-3-9(10,11)12/h4H,3,13H2,1-2H3,(H,14,17)(H,15,16). The predicted octanol–water partition coefficient (Wildman–Crippen LogP) is 1.41. The lowest BCUT2D eigenvalue weighted by Gasteiger charge is -2.07. The topological polar surface area (TPSA) is 83.8 Å². The van der Waals surface area contributed by atoms with Crippen LogP contribution in [0.3, 0.4) is 0 Å². The first-order chi connectivity index (χ1) is 7.72. The van der Waals surface area contributed by atoms with Crippen molar-refractivity contribution in [1.82, 2.24) is 15.5 Å². The first-order valence-corrected chi connectivity index (χ1v) is 4.91. The maximum atomic E-state index is 11.9. The maximum Gasteiger partial charge on any atom is 0.405 e. The Balaban J connectivity index is 2.77. The van der Waals surface area contributed by atoms with Crippen molar-refractivity contribution in [2.24, 2.45) is 0 Å². The lowest BCUT2D eigenvalue weighted by atomic mass is 10.1. The van der Waals surface area contributed by atoms with Gasteiger partial charge in [-0.05, 0) is 5.92 Å². The number of rotatable bonds is 3. The molecule has 0 aliphatic carbocycles. The smallest absolute Gasteiger partial charge is 0.395 e. The molecule has 1 rings (SSSR count). The van der Waals surface area contributed by atoms with E-state index in [9.17, 15) is 18.0 Å². The second-order valence-corrected chi connectivity index (χ2v) is 3.85. The monoisotopic (exact) mass is 250 g/mol. The van der Waals surface area contributed by atoms with Crippen LogP contribution in [0.5, 0.6) is 0 Å². The molecular formula is C9H13F3N4O. The summed E-state index contributed by atoms with van der Waals surface area (Å²) < 4.78 is 35.7. The third-order valence-electron chi connectivity index (χ3n) is 2.08. The average molecular weight is 250 g/mol. The highest BCUT2D eigenvalue weighted by molar-refractivity contribution is 5.97. The molecule has 0 atom stereocenters. The molecule has 0 fully saturated rings. The highest BCUT2D eigenvalue weighted by Gasteiger charge is 2.29. The Hall–Kier alpha value is -1.73. The fourth-order valence-corrected chi connectivity index (χ4v) is 1.24. The number of amides is 1. The molecule has 0 aliphatic heterocycles. The number of H-pyrrole nitrogens is 1. The zero-order valence-electron chi connectivity index (χ0n) is 9.35. The zero-order chi connectivity index (χ0) is 13.2. The van der Waals surface area contributed by atoms with Crippen LogP contribution < -0.4 is 11.1 Å². The predicted molar refractivity (Wildman–Crippen MR) is 55.5 cm³/mol. The quantitative estimate of drug-likeness (QED) is 0.758. The van der Waals surface area contributed by atoms with Gasteiger partial charge >= 0.3 is 6.18 Å². The number of halogens is 3. The van der Waals surface area contributed by atoms with Gasteiger partial charge in [0, 0.05) is 0 Å². The molecule has 17 heavy (non-hydrogen) atoms. The van der Waals surface area contributed by atoms with Gasteiger partial charge < -0.3 is 11.1 Å². The molecule has 0 radical (unpaired) electrons. The van der Waals surface area contributed by atoms with E-state index in [0.29, 0.717) is 5.69 Å². The van der Waals surface area contributed by atoms with Gasteiger partial charge in [-0.25, -0.2) is 0 Å². The van der Waals surface area contributed by atoms with Crippen molar-refractivity contribution in [2.45, 2.75) is 25.9 Å². The molecule has 0 bridgehead atoms. The number of carbonyl (C=O) groups excluding carboxylic acids is 1. The van der Waals surface area contributed by atoms with E-state index in [4.69, 9.17) is 5.73 Å². The van der Waals surface area contributed by atoms with Crippen molar-refractivity contribution < 1.29 is 18.0 Å². The first-order valence-electron chi connectivity index (χ1n) is 4.91. The van der Waals surface area contributed by atoms with E-state index in [1.165, 1.54) is 0 Å². The van der Waals surface area contributed by atoms with Crippen molar-refractivity contribution in [3.05, 3.63) is 11.4 Å². The number of hydrogen-bond donors (Lipinski definition) is 3. The highest BCUT2D eigenvalue weighted by atomic mass is 19.4. The van der Waals surface area contributed by atoms with Gasteiger partial charge in [-0.3, -0.25) is 9.89 Å². The molecule has 4 N–H and O–H groups in total. The highest BCUT2D eigenvalue weighted by Crippen LogP contribution is 2.22. The van der Waals surface area contributed by atoms with Crippen LogP contribution in [0.1, 0.15) is 35.9 Å². The van der Waals surface area contributed by atoms with Gasteiger partial charge in [0.25, 0.3) is 5.91 Å². The summed E-state index contributed by atoms with van der Waals surface area (Å²) in [4.78, 5) is 11.4. The van der Waals surface area contributed by atoms with Crippen molar-refractivity contribution in [3.63, 3.8) is 0 Å². The molecule has 0 unspecified atom stereocenters. The van der Waals surface area contributed by atoms with Crippen molar-refractivity contribution >= 4 is 11.6 Å². The third kappa shape index (κ3) is 3.36. The Kier molecular flexibility index (Phi) is 3.64. The van der Waals surface area contributed by atoms with E-state index in [1.54, 1.807) is 5.32 Å². The molecule has 1 aromatic rings. The normalized spacial score (nSPS) is 11.9. The number of nitrogens with one attached hydrogen (secondary N) is 2. The van der Waals surface area contributed by atoms with Gasteiger partial charge in [0.15, 0.2) is 5.69 Å². The Labute approximate surface area is 95.6 Å².